The fourth-order valence-electron chi connectivity index (χ4n) is 4.13. The molecular formula is C28H29FN2O2S. The zero-order valence-electron chi connectivity index (χ0n) is 19.3. The van der Waals surface area contributed by atoms with E-state index in [0.29, 0.717) is 11.3 Å². The summed E-state index contributed by atoms with van der Waals surface area (Å²) in [5.74, 6) is -0.470. The van der Waals surface area contributed by atoms with Gasteiger partial charge >= 0.3 is 0 Å². The molecule has 0 aliphatic carbocycles. The lowest BCUT2D eigenvalue weighted by atomic mass is 10.0. The van der Waals surface area contributed by atoms with Crippen molar-refractivity contribution >= 4 is 35.0 Å². The Balaban J connectivity index is 1.45. The molecule has 0 bridgehead atoms. The van der Waals surface area contributed by atoms with Crippen molar-refractivity contribution in [3.05, 3.63) is 95.3 Å². The van der Waals surface area contributed by atoms with Gasteiger partial charge in [0.2, 0.25) is 5.91 Å². The highest BCUT2D eigenvalue weighted by atomic mass is 32.2. The van der Waals surface area contributed by atoms with Crippen LogP contribution in [-0.2, 0) is 11.2 Å². The number of thioether (sulfide) groups is 1. The summed E-state index contributed by atoms with van der Waals surface area (Å²) in [5.41, 5.74) is 3.58. The molecule has 1 N–H and O–H groups in total. The number of benzene rings is 3. The van der Waals surface area contributed by atoms with E-state index in [1.165, 1.54) is 47.6 Å². The summed E-state index contributed by atoms with van der Waals surface area (Å²) in [7, 11) is 0. The van der Waals surface area contributed by atoms with E-state index in [-0.39, 0.29) is 28.6 Å². The number of hydrogen-bond donors (Lipinski definition) is 1. The molecule has 1 heterocycles. The van der Waals surface area contributed by atoms with Gasteiger partial charge in [-0.05, 0) is 60.4 Å². The van der Waals surface area contributed by atoms with E-state index in [0.717, 1.165) is 18.4 Å². The van der Waals surface area contributed by atoms with Gasteiger partial charge in [0.15, 0.2) is 0 Å². The molecule has 4 nitrogen and oxygen atoms in total. The number of carbonyl (C=O) groups is 2. The molecule has 1 aliphatic heterocycles. The maximum Gasteiger partial charge on any atom is 0.255 e. The SMILES string of the molecule is CCCCCCc1ccc(C(=O)Nc2cccc([C@H]3SCC(=O)N3c3ccccc3F)c2)cc1. The summed E-state index contributed by atoms with van der Waals surface area (Å²) in [4.78, 5) is 26.9. The molecule has 176 valence electrons. The van der Waals surface area contributed by atoms with Crippen LogP contribution in [0.2, 0.25) is 0 Å². The number of amides is 2. The number of halogens is 1. The van der Waals surface area contributed by atoms with Crippen molar-refractivity contribution in [2.24, 2.45) is 0 Å². The van der Waals surface area contributed by atoms with Gasteiger partial charge in [0, 0.05) is 11.3 Å². The topological polar surface area (TPSA) is 49.4 Å². The number of rotatable bonds is 9. The summed E-state index contributed by atoms with van der Waals surface area (Å²) in [6.07, 6.45) is 5.90. The Bertz CT molecular complexity index is 1150. The number of hydrogen-bond acceptors (Lipinski definition) is 3. The van der Waals surface area contributed by atoms with Crippen LogP contribution in [0.4, 0.5) is 15.8 Å². The van der Waals surface area contributed by atoms with Crippen molar-refractivity contribution < 1.29 is 14.0 Å². The number of nitrogens with zero attached hydrogens (tertiary/aromatic N) is 1. The maximum atomic E-state index is 14.4. The Morgan fingerprint density at radius 3 is 2.59 bits per heavy atom. The van der Waals surface area contributed by atoms with Gasteiger partial charge < -0.3 is 5.32 Å². The number of unbranched alkanes of at least 4 members (excludes halogenated alkanes) is 3. The first kappa shape index (κ1) is 24.0. The molecule has 34 heavy (non-hydrogen) atoms. The second kappa shape index (κ2) is 11.3. The Morgan fingerprint density at radius 1 is 1.03 bits per heavy atom. The van der Waals surface area contributed by atoms with Crippen LogP contribution in [0.3, 0.4) is 0 Å². The van der Waals surface area contributed by atoms with Gasteiger partial charge in [-0.25, -0.2) is 4.39 Å². The molecule has 1 aliphatic rings. The van der Waals surface area contributed by atoms with E-state index in [9.17, 15) is 14.0 Å². The number of para-hydroxylation sites is 1. The fourth-order valence-corrected chi connectivity index (χ4v) is 5.29. The van der Waals surface area contributed by atoms with Gasteiger partial charge in [-0.2, -0.15) is 0 Å². The van der Waals surface area contributed by atoms with Gasteiger partial charge in [0.05, 0.1) is 11.4 Å². The standard InChI is InChI=1S/C28H29FN2O2S/c1-2-3-4-5-9-20-14-16-21(17-15-20)27(33)30-23-11-8-10-22(18-23)28-31(26(32)19-34-28)25-13-7-6-12-24(25)29/h6-8,10-18,28H,2-5,9,19H2,1H3,(H,30,33)/t28-/m1/s1. The zero-order valence-corrected chi connectivity index (χ0v) is 20.1. The number of aryl methyl sites for hydroxylation is 1. The molecule has 0 saturated carbocycles. The van der Waals surface area contributed by atoms with Gasteiger partial charge in [0.25, 0.3) is 5.91 Å². The molecule has 4 rings (SSSR count). The normalized spacial score (nSPS) is 15.5. The third-order valence-electron chi connectivity index (χ3n) is 5.94. The summed E-state index contributed by atoms with van der Waals surface area (Å²) < 4.78 is 14.4. The second-order valence-corrected chi connectivity index (χ2v) is 9.53. The van der Waals surface area contributed by atoms with Crippen LogP contribution in [0.5, 0.6) is 0 Å². The van der Waals surface area contributed by atoms with Crippen molar-refractivity contribution in [3.63, 3.8) is 0 Å². The van der Waals surface area contributed by atoms with Crippen LogP contribution >= 0.6 is 11.8 Å². The van der Waals surface area contributed by atoms with Gasteiger partial charge in [-0.1, -0.05) is 62.6 Å². The van der Waals surface area contributed by atoms with Crippen LogP contribution in [-0.4, -0.2) is 17.6 Å². The summed E-state index contributed by atoms with van der Waals surface area (Å²) in [5, 5.41) is 2.60. The van der Waals surface area contributed by atoms with Crippen molar-refractivity contribution in [2.75, 3.05) is 16.0 Å². The minimum absolute atomic E-state index is 0.135. The Hall–Kier alpha value is -3.12. The highest BCUT2D eigenvalue weighted by Gasteiger charge is 2.35. The average molecular weight is 477 g/mol. The number of anilines is 2. The van der Waals surface area contributed by atoms with Crippen molar-refractivity contribution in [3.8, 4) is 0 Å². The largest absolute Gasteiger partial charge is 0.322 e. The summed E-state index contributed by atoms with van der Waals surface area (Å²) in [6.45, 7) is 2.20. The summed E-state index contributed by atoms with van der Waals surface area (Å²) in [6, 6.07) is 21.5. The summed E-state index contributed by atoms with van der Waals surface area (Å²) >= 11 is 1.45. The molecule has 0 spiro atoms. The van der Waals surface area contributed by atoms with Crippen LogP contribution in [0, 0.1) is 5.82 Å². The third kappa shape index (κ3) is 5.68. The van der Waals surface area contributed by atoms with Crippen LogP contribution in [0.25, 0.3) is 0 Å². The lowest BCUT2D eigenvalue weighted by Crippen LogP contribution is -2.28. The third-order valence-corrected chi connectivity index (χ3v) is 7.16. The minimum atomic E-state index is -0.429. The molecule has 1 saturated heterocycles. The van der Waals surface area contributed by atoms with E-state index < -0.39 is 5.82 Å². The van der Waals surface area contributed by atoms with Crippen molar-refractivity contribution in [1.82, 2.24) is 0 Å². The molecule has 3 aromatic rings. The molecule has 2 amide bonds. The molecule has 1 atom stereocenters. The second-order valence-electron chi connectivity index (χ2n) is 8.47. The molecular weight excluding hydrogens is 447 g/mol. The van der Waals surface area contributed by atoms with Gasteiger partial charge in [-0.15, -0.1) is 11.8 Å². The number of nitrogens with one attached hydrogen (secondary N) is 1. The first-order valence-corrected chi connectivity index (χ1v) is 12.8. The van der Waals surface area contributed by atoms with E-state index >= 15 is 0 Å². The lowest BCUT2D eigenvalue weighted by Gasteiger charge is -2.25. The highest BCUT2D eigenvalue weighted by Crippen LogP contribution is 2.43. The van der Waals surface area contributed by atoms with Crippen LogP contribution in [0.15, 0.2) is 72.8 Å². The predicted molar refractivity (Wildman–Crippen MR) is 138 cm³/mol. The average Bonchev–Trinajstić information content (AvgIpc) is 3.24. The first-order chi connectivity index (χ1) is 16.6. The van der Waals surface area contributed by atoms with Crippen molar-refractivity contribution in [2.45, 2.75) is 44.4 Å². The van der Waals surface area contributed by atoms with Gasteiger partial charge in [0.1, 0.15) is 11.2 Å². The Kier molecular flexibility index (Phi) is 8.01. The Morgan fingerprint density at radius 2 is 1.82 bits per heavy atom. The molecule has 1 fully saturated rings. The molecule has 6 heteroatoms. The quantitative estimate of drug-likeness (QED) is 0.339. The highest BCUT2D eigenvalue weighted by molar-refractivity contribution is 8.00. The van der Waals surface area contributed by atoms with Crippen LogP contribution in [0.1, 0.15) is 59.5 Å². The zero-order chi connectivity index (χ0) is 23.9. The van der Waals surface area contributed by atoms with Gasteiger partial charge in [-0.3, -0.25) is 14.5 Å². The molecule has 0 unspecified atom stereocenters. The lowest BCUT2D eigenvalue weighted by molar-refractivity contribution is -0.115. The molecule has 3 aromatic carbocycles. The maximum absolute atomic E-state index is 14.4. The smallest absolute Gasteiger partial charge is 0.255 e. The minimum Gasteiger partial charge on any atom is -0.322 e. The van der Waals surface area contributed by atoms with E-state index in [2.05, 4.69) is 12.2 Å². The number of carbonyl (C=O) groups excluding carboxylic acids is 2. The first-order valence-electron chi connectivity index (χ1n) is 11.7. The fraction of sp³-hybridized carbons (Fsp3) is 0.286. The predicted octanol–water partition coefficient (Wildman–Crippen LogP) is 6.98. The Labute approximate surface area is 204 Å². The molecule has 0 aromatic heterocycles. The van der Waals surface area contributed by atoms with E-state index in [1.807, 2.05) is 48.5 Å². The molecule has 0 radical (unpaired) electrons. The van der Waals surface area contributed by atoms with Crippen LogP contribution < -0.4 is 10.2 Å². The van der Waals surface area contributed by atoms with Crippen molar-refractivity contribution in [1.29, 1.82) is 0 Å². The monoisotopic (exact) mass is 476 g/mol. The van der Waals surface area contributed by atoms with E-state index in [1.54, 1.807) is 18.2 Å². The van der Waals surface area contributed by atoms with E-state index in [4.69, 9.17) is 0 Å².